The monoisotopic (exact) mass is 325 g/mol. The van der Waals surface area contributed by atoms with E-state index < -0.39 is 10.1 Å². The summed E-state index contributed by atoms with van der Waals surface area (Å²) in [6.07, 6.45) is 4.04. The first-order valence-corrected chi connectivity index (χ1v) is 8.28. The van der Waals surface area contributed by atoms with E-state index in [0.29, 0.717) is 6.26 Å². The Morgan fingerprint density at radius 1 is 1.32 bits per heavy atom. The summed E-state index contributed by atoms with van der Waals surface area (Å²) in [7, 11) is -3.92. The molecule has 7 nitrogen and oxygen atoms in total. The van der Waals surface area contributed by atoms with Crippen molar-refractivity contribution in [2.24, 2.45) is 11.5 Å². The van der Waals surface area contributed by atoms with Crippen LogP contribution in [0.1, 0.15) is 23.1 Å². The fourth-order valence-electron chi connectivity index (χ4n) is 2.13. The molecule has 0 heterocycles. The molecule has 1 amide bonds. The SMILES string of the molecule is CS(=O)(=O)[O-].Cc1ccc2c(c1)CC/C2=C\C(=O)[NH+]=C(N)N. The highest BCUT2D eigenvalue weighted by Crippen LogP contribution is 2.32. The number of benzene rings is 1. The van der Waals surface area contributed by atoms with Crippen molar-refractivity contribution in [3.8, 4) is 0 Å². The Kier molecular flexibility index (Phi) is 5.84. The topological polar surface area (TPSA) is 140 Å². The van der Waals surface area contributed by atoms with Crippen molar-refractivity contribution in [2.45, 2.75) is 19.8 Å². The van der Waals surface area contributed by atoms with Gasteiger partial charge in [-0.15, -0.1) is 0 Å². The van der Waals surface area contributed by atoms with Gasteiger partial charge in [0, 0.05) is 12.3 Å². The first kappa shape index (κ1) is 17.9. The minimum atomic E-state index is -3.92. The lowest BCUT2D eigenvalue weighted by Crippen LogP contribution is -2.81. The maximum atomic E-state index is 11.5. The minimum Gasteiger partial charge on any atom is -0.748 e. The molecule has 0 saturated carbocycles. The molecule has 2 rings (SSSR count). The zero-order valence-corrected chi connectivity index (χ0v) is 13.2. The van der Waals surface area contributed by atoms with Gasteiger partial charge in [0.2, 0.25) is 0 Å². The summed E-state index contributed by atoms with van der Waals surface area (Å²) in [5.74, 6) is -0.345. The van der Waals surface area contributed by atoms with E-state index in [9.17, 15) is 4.79 Å². The average molecular weight is 325 g/mol. The van der Waals surface area contributed by atoms with Crippen molar-refractivity contribution in [3.05, 3.63) is 41.0 Å². The molecule has 0 atom stereocenters. The molecule has 0 fully saturated rings. The smallest absolute Gasteiger partial charge is 0.346 e. The van der Waals surface area contributed by atoms with Gasteiger partial charge in [-0.05, 0) is 36.5 Å². The van der Waals surface area contributed by atoms with E-state index in [1.54, 1.807) is 6.08 Å². The Bertz CT molecular complexity index is 724. The van der Waals surface area contributed by atoms with E-state index in [0.717, 1.165) is 24.0 Å². The van der Waals surface area contributed by atoms with Crippen LogP contribution in [-0.4, -0.2) is 31.1 Å². The number of carbonyl (C=O) groups excluding carboxylic acids is 1. The van der Waals surface area contributed by atoms with Crippen LogP contribution >= 0.6 is 0 Å². The summed E-state index contributed by atoms with van der Waals surface area (Å²) in [6.45, 7) is 2.07. The van der Waals surface area contributed by atoms with Crippen LogP contribution in [0, 0.1) is 6.92 Å². The number of aryl methyl sites for hydroxylation is 2. The standard InChI is InChI=1S/C13H15N3O.CH4O3S/c1-8-2-5-11-9(6-8)3-4-10(11)7-12(17)16-13(14)15;1-5(2,3)4/h2,5-7H,3-4H2,1H3,(H4,14,15,16,17);1H3,(H,2,3,4)/b10-7+;. The zero-order chi connectivity index (χ0) is 16.9. The number of nitrogens with two attached hydrogens (primary N) is 2. The van der Waals surface area contributed by atoms with Crippen LogP contribution in [0.2, 0.25) is 0 Å². The Hall–Kier alpha value is -2.19. The quantitative estimate of drug-likeness (QED) is 0.245. The second-order valence-corrected chi connectivity index (χ2v) is 6.39. The predicted octanol–water partition coefficient (Wildman–Crippen LogP) is -1.63. The van der Waals surface area contributed by atoms with Crippen molar-refractivity contribution in [1.29, 1.82) is 0 Å². The molecule has 0 saturated heterocycles. The largest absolute Gasteiger partial charge is 0.748 e. The number of carbonyl (C=O) groups is 1. The fourth-order valence-corrected chi connectivity index (χ4v) is 2.13. The number of hydrogen-bond donors (Lipinski definition) is 3. The van der Waals surface area contributed by atoms with Gasteiger partial charge in [0.25, 0.3) is 0 Å². The van der Waals surface area contributed by atoms with Gasteiger partial charge in [0.05, 0.1) is 10.1 Å². The number of rotatable bonds is 1. The Morgan fingerprint density at radius 2 is 1.91 bits per heavy atom. The van der Waals surface area contributed by atoms with E-state index in [-0.39, 0.29) is 11.9 Å². The van der Waals surface area contributed by atoms with Gasteiger partial charge in [-0.2, -0.15) is 0 Å². The molecule has 0 radical (unpaired) electrons. The van der Waals surface area contributed by atoms with Gasteiger partial charge in [0.1, 0.15) is 0 Å². The number of amides is 1. The van der Waals surface area contributed by atoms with Crippen molar-refractivity contribution in [3.63, 3.8) is 0 Å². The molecule has 0 spiro atoms. The summed E-state index contributed by atoms with van der Waals surface area (Å²) in [4.78, 5) is 13.9. The van der Waals surface area contributed by atoms with Gasteiger partial charge in [0.15, 0.2) is 0 Å². The zero-order valence-electron chi connectivity index (χ0n) is 12.4. The maximum absolute atomic E-state index is 11.5. The molecular weight excluding hydrogens is 306 g/mol. The van der Waals surface area contributed by atoms with Crippen LogP contribution in [0.5, 0.6) is 0 Å². The molecule has 0 bridgehead atoms. The number of fused-ring (bicyclic) bond motifs is 1. The Labute approximate surface area is 129 Å². The first-order chi connectivity index (χ1) is 10.1. The summed E-state index contributed by atoms with van der Waals surface area (Å²) in [6, 6.07) is 6.28. The van der Waals surface area contributed by atoms with Crippen molar-refractivity contribution >= 4 is 27.6 Å². The fraction of sp³-hybridized carbons (Fsp3) is 0.286. The maximum Gasteiger partial charge on any atom is 0.346 e. The second-order valence-electron chi connectivity index (χ2n) is 4.98. The van der Waals surface area contributed by atoms with E-state index in [1.165, 1.54) is 11.1 Å². The molecule has 8 heteroatoms. The third-order valence-corrected chi connectivity index (χ3v) is 2.84. The third-order valence-electron chi connectivity index (χ3n) is 2.84. The molecular formula is C14H19N3O4S. The second kappa shape index (κ2) is 7.19. The highest BCUT2D eigenvalue weighted by molar-refractivity contribution is 7.84. The molecule has 1 aliphatic carbocycles. The van der Waals surface area contributed by atoms with Gasteiger partial charge in [-0.1, -0.05) is 23.8 Å². The van der Waals surface area contributed by atoms with E-state index >= 15 is 0 Å². The lowest BCUT2D eigenvalue weighted by atomic mass is 10.0. The lowest BCUT2D eigenvalue weighted by Gasteiger charge is -2.01. The molecule has 1 aromatic carbocycles. The number of guanidine groups is 1. The van der Waals surface area contributed by atoms with Gasteiger partial charge in [-0.3, -0.25) is 16.3 Å². The normalized spacial score (nSPS) is 14.8. The van der Waals surface area contributed by atoms with Gasteiger partial charge < -0.3 is 4.55 Å². The van der Waals surface area contributed by atoms with Crippen LogP contribution in [0.15, 0.2) is 24.3 Å². The van der Waals surface area contributed by atoms with E-state index in [2.05, 4.69) is 30.1 Å². The van der Waals surface area contributed by atoms with E-state index in [4.69, 9.17) is 24.4 Å². The van der Waals surface area contributed by atoms with Crippen LogP contribution in [0.25, 0.3) is 5.57 Å². The number of allylic oxidation sites excluding steroid dienone is 1. The highest BCUT2D eigenvalue weighted by Gasteiger charge is 2.17. The molecule has 0 unspecified atom stereocenters. The van der Waals surface area contributed by atoms with Crippen molar-refractivity contribution in [1.82, 2.24) is 0 Å². The molecule has 0 aliphatic heterocycles. The summed E-state index contributed by atoms with van der Waals surface area (Å²) >= 11 is 0. The van der Waals surface area contributed by atoms with Crippen molar-refractivity contribution < 1.29 is 22.8 Å². The molecule has 120 valence electrons. The molecule has 1 aromatic rings. The van der Waals surface area contributed by atoms with Crippen LogP contribution in [0.4, 0.5) is 0 Å². The van der Waals surface area contributed by atoms with Crippen LogP contribution < -0.4 is 16.5 Å². The summed E-state index contributed by atoms with van der Waals surface area (Å²) < 4.78 is 27.2. The first-order valence-electron chi connectivity index (χ1n) is 6.46. The number of hydrogen-bond acceptors (Lipinski definition) is 4. The summed E-state index contributed by atoms with van der Waals surface area (Å²) in [5.41, 5.74) is 15.2. The highest BCUT2D eigenvalue weighted by atomic mass is 32.2. The van der Waals surface area contributed by atoms with Gasteiger partial charge >= 0.3 is 11.9 Å². The summed E-state index contributed by atoms with van der Waals surface area (Å²) in [5, 5.41) is 0. The molecule has 22 heavy (non-hydrogen) atoms. The molecule has 0 aromatic heterocycles. The minimum absolute atomic E-state index is 0.0750. The Balaban J connectivity index is 0.000000422. The Morgan fingerprint density at radius 3 is 2.45 bits per heavy atom. The van der Waals surface area contributed by atoms with E-state index in [1.807, 2.05) is 0 Å². The average Bonchev–Trinajstić information content (AvgIpc) is 2.68. The van der Waals surface area contributed by atoms with Crippen LogP contribution in [-0.2, 0) is 21.3 Å². The number of nitrogens with one attached hydrogen (secondary N) is 1. The third kappa shape index (κ3) is 6.51. The lowest BCUT2D eigenvalue weighted by molar-refractivity contribution is -0.372. The van der Waals surface area contributed by atoms with Crippen molar-refractivity contribution in [2.75, 3.05) is 6.26 Å². The van der Waals surface area contributed by atoms with Gasteiger partial charge in [-0.25, -0.2) is 13.4 Å². The predicted molar refractivity (Wildman–Crippen MR) is 82.4 cm³/mol. The molecule has 1 aliphatic rings. The molecule has 5 N–H and O–H groups in total. The van der Waals surface area contributed by atoms with Crippen LogP contribution in [0.3, 0.4) is 0 Å².